The van der Waals surface area contributed by atoms with Crippen LogP contribution in [0.3, 0.4) is 0 Å². The molecule has 0 atom stereocenters. The van der Waals surface area contributed by atoms with Gasteiger partial charge in [-0.05, 0) is 42.8 Å². The van der Waals surface area contributed by atoms with Gasteiger partial charge in [0.05, 0.1) is 17.9 Å². The number of pyridine rings is 1. The van der Waals surface area contributed by atoms with Crippen LogP contribution in [0.15, 0.2) is 54.7 Å². The van der Waals surface area contributed by atoms with Gasteiger partial charge < -0.3 is 9.72 Å². The number of aryl methyl sites for hydroxylation is 1. The van der Waals surface area contributed by atoms with E-state index in [1.54, 1.807) is 18.2 Å². The van der Waals surface area contributed by atoms with Gasteiger partial charge in [0.15, 0.2) is 0 Å². The Morgan fingerprint density at radius 3 is 2.83 bits per heavy atom. The monoisotopic (exact) mass is 309 g/mol. The number of halogens is 1. The number of hydrogen-bond acceptors (Lipinski definition) is 2. The molecule has 1 N–H and O–H groups in total. The summed E-state index contributed by atoms with van der Waals surface area (Å²) in [6, 6.07) is 11.7. The van der Waals surface area contributed by atoms with E-state index in [9.17, 15) is 9.18 Å². The Balaban J connectivity index is 1.66. The molecule has 0 spiro atoms. The topological polar surface area (TPSA) is 46.4 Å². The van der Waals surface area contributed by atoms with Gasteiger partial charge in [-0.15, -0.1) is 0 Å². The molecule has 0 fully saturated rings. The fourth-order valence-electron chi connectivity index (χ4n) is 2.35. The summed E-state index contributed by atoms with van der Waals surface area (Å²) in [5.41, 5.74) is 3.46. The van der Waals surface area contributed by atoms with E-state index in [4.69, 9.17) is 0 Å². The van der Waals surface area contributed by atoms with E-state index in [1.807, 2.05) is 35.7 Å². The highest BCUT2D eigenvalue weighted by molar-refractivity contribution is 5.91. The van der Waals surface area contributed by atoms with Crippen molar-refractivity contribution >= 4 is 17.6 Å². The van der Waals surface area contributed by atoms with Crippen molar-refractivity contribution in [3.05, 3.63) is 77.5 Å². The van der Waals surface area contributed by atoms with Gasteiger partial charge in [0, 0.05) is 12.3 Å². The number of rotatable bonds is 4. The maximum atomic E-state index is 12.8. The highest BCUT2D eigenvalue weighted by Gasteiger charge is 2.08. The first-order valence-electron chi connectivity index (χ1n) is 7.27. The van der Waals surface area contributed by atoms with Crippen molar-refractivity contribution in [3.63, 3.8) is 0 Å². The van der Waals surface area contributed by atoms with E-state index in [0.717, 1.165) is 22.6 Å². The Morgan fingerprint density at radius 1 is 1.26 bits per heavy atom. The average Bonchev–Trinajstić information content (AvgIpc) is 2.87. The van der Waals surface area contributed by atoms with Gasteiger partial charge >= 0.3 is 0 Å². The Hall–Kier alpha value is -2.95. The minimum Gasteiger partial charge on any atom is -0.347 e. The first-order valence-corrected chi connectivity index (χ1v) is 7.27. The summed E-state index contributed by atoms with van der Waals surface area (Å²) in [7, 11) is 0. The maximum Gasteiger partial charge on any atom is 0.244 e. The molecule has 0 aliphatic heterocycles. The first-order chi connectivity index (χ1) is 11.1. The number of fused-ring (bicyclic) bond motifs is 1. The molecule has 0 radical (unpaired) electrons. The lowest BCUT2D eigenvalue weighted by atomic mass is 10.2. The van der Waals surface area contributed by atoms with Crippen LogP contribution >= 0.6 is 0 Å². The predicted octanol–water partition coefficient (Wildman–Crippen LogP) is 3.11. The van der Waals surface area contributed by atoms with E-state index < -0.39 is 0 Å². The molecule has 4 nitrogen and oxygen atoms in total. The van der Waals surface area contributed by atoms with Crippen LogP contribution in [-0.4, -0.2) is 15.3 Å². The van der Waals surface area contributed by atoms with E-state index >= 15 is 0 Å². The van der Waals surface area contributed by atoms with Crippen LogP contribution in [-0.2, 0) is 11.3 Å². The van der Waals surface area contributed by atoms with Gasteiger partial charge in [0.2, 0.25) is 5.91 Å². The van der Waals surface area contributed by atoms with E-state index in [0.29, 0.717) is 6.54 Å². The predicted molar refractivity (Wildman–Crippen MR) is 87.2 cm³/mol. The molecule has 1 amide bonds. The second-order valence-electron chi connectivity index (χ2n) is 5.18. The lowest BCUT2D eigenvalue weighted by Gasteiger charge is -2.04. The molecule has 0 bridgehead atoms. The summed E-state index contributed by atoms with van der Waals surface area (Å²) >= 11 is 0. The molecule has 0 unspecified atom stereocenters. The number of amides is 1. The summed E-state index contributed by atoms with van der Waals surface area (Å²) in [4.78, 5) is 16.4. The van der Waals surface area contributed by atoms with E-state index in [1.165, 1.54) is 18.2 Å². The molecule has 3 aromatic rings. The zero-order valence-corrected chi connectivity index (χ0v) is 12.7. The van der Waals surface area contributed by atoms with Gasteiger partial charge in [0.1, 0.15) is 11.5 Å². The van der Waals surface area contributed by atoms with Crippen molar-refractivity contribution in [3.8, 4) is 0 Å². The number of nitrogens with one attached hydrogen (secondary N) is 1. The normalized spacial score (nSPS) is 11.2. The van der Waals surface area contributed by atoms with E-state index in [2.05, 4.69) is 10.3 Å². The minimum atomic E-state index is -0.297. The molecule has 0 aliphatic rings. The number of aromatic nitrogens is 2. The number of benzene rings is 1. The summed E-state index contributed by atoms with van der Waals surface area (Å²) < 4.78 is 14.8. The molecule has 5 heteroatoms. The molecule has 0 aliphatic carbocycles. The quantitative estimate of drug-likeness (QED) is 0.753. The van der Waals surface area contributed by atoms with Crippen molar-refractivity contribution in [1.29, 1.82) is 0 Å². The fraction of sp³-hybridized carbons (Fsp3) is 0.111. The molecule has 1 aromatic carbocycles. The highest BCUT2D eigenvalue weighted by Crippen LogP contribution is 2.11. The molecular weight excluding hydrogens is 293 g/mol. The third-order valence-corrected chi connectivity index (χ3v) is 3.56. The van der Waals surface area contributed by atoms with Crippen molar-refractivity contribution in [1.82, 2.24) is 14.7 Å². The molecule has 0 saturated carbocycles. The van der Waals surface area contributed by atoms with Crippen LogP contribution in [0.4, 0.5) is 4.39 Å². The highest BCUT2D eigenvalue weighted by atomic mass is 19.1. The SMILES string of the molecule is Cc1nc2ccccn2c1CNC(=O)/C=C/c1ccc(F)cc1. The Bertz CT molecular complexity index is 866. The number of carbonyl (C=O) groups excluding carboxylic acids is 1. The maximum absolute atomic E-state index is 12.8. The molecule has 116 valence electrons. The van der Waals surface area contributed by atoms with Gasteiger partial charge in [0.25, 0.3) is 0 Å². The second-order valence-corrected chi connectivity index (χ2v) is 5.18. The molecule has 2 heterocycles. The third-order valence-electron chi connectivity index (χ3n) is 3.56. The zero-order valence-electron chi connectivity index (χ0n) is 12.7. The summed E-state index contributed by atoms with van der Waals surface area (Å²) in [5, 5.41) is 2.84. The van der Waals surface area contributed by atoms with Crippen molar-refractivity contribution < 1.29 is 9.18 Å². The first kappa shape index (κ1) is 15.0. The standard InChI is InChI=1S/C18H16FN3O/c1-13-16(22-11-3-2-4-17(22)21-13)12-20-18(23)10-7-14-5-8-15(19)9-6-14/h2-11H,12H2,1H3,(H,20,23)/b10-7+. The van der Waals surface area contributed by atoms with Gasteiger partial charge in [-0.1, -0.05) is 18.2 Å². The smallest absolute Gasteiger partial charge is 0.244 e. The van der Waals surface area contributed by atoms with Crippen molar-refractivity contribution in [2.24, 2.45) is 0 Å². The number of hydrogen-bond donors (Lipinski definition) is 1. The molecular formula is C18H16FN3O. The molecule has 23 heavy (non-hydrogen) atoms. The van der Waals surface area contributed by atoms with Crippen LogP contribution in [0, 0.1) is 12.7 Å². The van der Waals surface area contributed by atoms with E-state index in [-0.39, 0.29) is 11.7 Å². The lowest BCUT2D eigenvalue weighted by Crippen LogP contribution is -2.21. The molecule has 0 saturated heterocycles. The van der Waals surface area contributed by atoms with Crippen LogP contribution < -0.4 is 5.32 Å². The van der Waals surface area contributed by atoms with Crippen molar-refractivity contribution in [2.75, 3.05) is 0 Å². The zero-order chi connectivity index (χ0) is 16.2. The molecule has 2 aromatic heterocycles. The van der Waals surface area contributed by atoms with Crippen LogP contribution in [0.5, 0.6) is 0 Å². The Morgan fingerprint density at radius 2 is 2.04 bits per heavy atom. The average molecular weight is 309 g/mol. The number of nitrogens with zero attached hydrogens (tertiary/aromatic N) is 2. The summed E-state index contributed by atoms with van der Waals surface area (Å²) in [6.07, 6.45) is 5.01. The fourth-order valence-corrected chi connectivity index (χ4v) is 2.35. The van der Waals surface area contributed by atoms with Crippen LogP contribution in [0.2, 0.25) is 0 Å². The second kappa shape index (κ2) is 6.44. The van der Waals surface area contributed by atoms with Gasteiger partial charge in [-0.25, -0.2) is 9.37 Å². The van der Waals surface area contributed by atoms with Gasteiger partial charge in [-0.2, -0.15) is 0 Å². The lowest BCUT2D eigenvalue weighted by molar-refractivity contribution is -0.116. The molecule has 3 rings (SSSR count). The minimum absolute atomic E-state index is 0.209. The van der Waals surface area contributed by atoms with Gasteiger partial charge in [-0.3, -0.25) is 4.79 Å². The summed E-state index contributed by atoms with van der Waals surface area (Å²) in [5.74, 6) is -0.505. The van der Waals surface area contributed by atoms with Crippen LogP contribution in [0.25, 0.3) is 11.7 Å². The third kappa shape index (κ3) is 3.45. The largest absolute Gasteiger partial charge is 0.347 e. The van der Waals surface area contributed by atoms with Crippen molar-refractivity contribution in [2.45, 2.75) is 13.5 Å². The number of imidazole rings is 1. The number of carbonyl (C=O) groups is 1. The summed E-state index contributed by atoms with van der Waals surface area (Å²) in [6.45, 7) is 2.31. The van der Waals surface area contributed by atoms with Crippen LogP contribution in [0.1, 0.15) is 17.0 Å². The Kier molecular flexibility index (Phi) is 4.19. The Labute approximate surface area is 133 Å².